The Labute approximate surface area is 90.5 Å². The highest BCUT2D eigenvalue weighted by Crippen LogP contribution is 2.34. The van der Waals surface area contributed by atoms with Crippen molar-refractivity contribution in [2.45, 2.75) is 60.3 Å². The summed E-state index contributed by atoms with van der Waals surface area (Å²) in [7, 11) is 0. The van der Waals surface area contributed by atoms with Gasteiger partial charge in [-0.25, -0.2) is 0 Å². The molecular formula is C13H28N. The molecule has 1 heteroatoms. The van der Waals surface area contributed by atoms with E-state index in [1.165, 1.54) is 19.3 Å². The Balaban J connectivity index is 3.92. The van der Waals surface area contributed by atoms with Crippen molar-refractivity contribution >= 4 is 0 Å². The van der Waals surface area contributed by atoms with Gasteiger partial charge in [-0.1, -0.05) is 41.0 Å². The van der Waals surface area contributed by atoms with Gasteiger partial charge in [0.1, 0.15) is 0 Å². The molecule has 0 aromatic carbocycles. The molecule has 0 amide bonds. The molecule has 0 aromatic rings. The first-order chi connectivity index (χ1) is 6.41. The fourth-order valence-electron chi connectivity index (χ4n) is 2.46. The van der Waals surface area contributed by atoms with Gasteiger partial charge < -0.3 is 0 Å². The minimum atomic E-state index is 0.462. The Hall–Kier alpha value is -0.0400. The van der Waals surface area contributed by atoms with Crippen LogP contribution < -0.4 is 5.73 Å². The smallest absolute Gasteiger partial charge is 0.0102 e. The van der Waals surface area contributed by atoms with Crippen LogP contribution in [0.5, 0.6) is 0 Å². The Morgan fingerprint density at radius 1 is 1.07 bits per heavy atom. The summed E-state index contributed by atoms with van der Waals surface area (Å²) in [6.07, 6.45) is 4.95. The fraction of sp³-hybridized carbons (Fsp3) is 1.00. The molecule has 0 saturated heterocycles. The van der Waals surface area contributed by atoms with Crippen molar-refractivity contribution in [1.29, 1.82) is 0 Å². The molecule has 0 aliphatic heterocycles. The summed E-state index contributed by atoms with van der Waals surface area (Å²) in [6, 6.07) is 0. The summed E-state index contributed by atoms with van der Waals surface area (Å²) in [5.74, 6) is 1.56. The molecule has 2 unspecified atom stereocenters. The normalized spacial score (nSPS) is 16.7. The van der Waals surface area contributed by atoms with Gasteiger partial charge in [-0.05, 0) is 36.5 Å². The molecule has 0 aliphatic carbocycles. The molecule has 1 N–H and O–H groups in total. The van der Waals surface area contributed by atoms with Gasteiger partial charge in [-0.2, -0.15) is 0 Å². The van der Waals surface area contributed by atoms with Crippen LogP contribution in [0.25, 0.3) is 0 Å². The fourth-order valence-corrected chi connectivity index (χ4v) is 2.46. The van der Waals surface area contributed by atoms with Crippen LogP contribution in [0, 0.1) is 17.3 Å². The maximum Gasteiger partial charge on any atom is 0.0102 e. The Kier molecular flexibility index (Phi) is 6.43. The second-order valence-electron chi connectivity index (χ2n) is 5.73. The third-order valence-corrected chi connectivity index (χ3v) is 3.14. The minimum absolute atomic E-state index is 0.462. The lowest BCUT2D eigenvalue weighted by atomic mass is 9.76. The molecule has 0 fully saturated rings. The van der Waals surface area contributed by atoms with Crippen molar-refractivity contribution in [3.8, 4) is 0 Å². The van der Waals surface area contributed by atoms with Crippen LogP contribution in [0.3, 0.4) is 0 Å². The van der Waals surface area contributed by atoms with E-state index < -0.39 is 0 Å². The topological polar surface area (TPSA) is 23.8 Å². The highest BCUT2D eigenvalue weighted by atomic mass is 14.5. The summed E-state index contributed by atoms with van der Waals surface area (Å²) in [4.78, 5) is 0. The summed E-state index contributed by atoms with van der Waals surface area (Å²) < 4.78 is 0. The third-order valence-electron chi connectivity index (χ3n) is 3.14. The van der Waals surface area contributed by atoms with E-state index >= 15 is 0 Å². The lowest BCUT2D eigenvalue weighted by Gasteiger charge is -2.30. The van der Waals surface area contributed by atoms with Crippen LogP contribution in [0.2, 0.25) is 0 Å². The maximum atomic E-state index is 7.22. The summed E-state index contributed by atoms with van der Waals surface area (Å²) >= 11 is 0. The van der Waals surface area contributed by atoms with Crippen molar-refractivity contribution in [2.75, 3.05) is 6.54 Å². The van der Waals surface area contributed by atoms with E-state index in [-0.39, 0.29) is 0 Å². The van der Waals surface area contributed by atoms with E-state index in [1.807, 2.05) is 0 Å². The van der Waals surface area contributed by atoms with Gasteiger partial charge in [-0.3, -0.25) is 5.73 Å². The molecule has 1 radical (unpaired) electrons. The molecule has 0 spiro atoms. The molecule has 0 bridgehead atoms. The van der Waals surface area contributed by atoms with Crippen LogP contribution in [-0.2, 0) is 0 Å². The van der Waals surface area contributed by atoms with Gasteiger partial charge in [0.25, 0.3) is 0 Å². The largest absolute Gasteiger partial charge is 0.258 e. The van der Waals surface area contributed by atoms with Crippen molar-refractivity contribution in [2.24, 2.45) is 17.3 Å². The monoisotopic (exact) mass is 198 g/mol. The SMILES string of the molecule is CCC(C)CC(C)(C)CC(C)CC[NH]. The Morgan fingerprint density at radius 3 is 2.00 bits per heavy atom. The third kappa shape index (κ3) is 6.42. The number of hydrogen-bond acceptors (Lipinski definition) is 0. The number of hydrogen-bond donors (Lipinski definition) is 0. The summed E-state index contributed by atoms with van der Waals surface area (Å²) in [5.41, 5.74) is 7.68. The minimum Gasteiger partial charge on any atom is -0.258 e. The Bertz CT molecular complexity index is 140. The first-order valence-corrected chi connectivity index (χ1v) is 6.06. The van der Waals surface area contributed by atoms with Crippen molar-refractivity contribution in [3.63, 3.8) is 0 Å². The molecule has 2 atom stereocenters. The van der Waals surface area contributed by atoms with Crippen LogP contribution in [0.4, 0.5) is 0 Å². The number of nitrogens with one attached hydrogen (secondary N) is 1. The summed E-state index contributed by atoms with van der Waals surface area (Å²) in [6.45, 7) is 12.2. The quantitative estimate of drug-likeness (QED) is 0.587. The van der Waals surface area contributed by atoms with Crippen molar-refractivity contribution in [1.82, 2.24) is 5.73 Å². The van der Waals surface area contributed by atoms with Crippen LogP contribution >= 0.6 is 0 Å². The zero-order valence-electron chi connectivity index (χ0n) is 10.7. The lowest BCUT2D eigenvalue weighted by molar-refractivity contribution is 0.213. The van der Waals surface area contributed by atoms with Gasteiger partial charge in [0.15, 0.2) is 0 Å². The Morgan fingerprint density at radius 2 is 1.57 bits per heavy atom. The van der Waals surface area contributed by atoms with Crippen LogP contribution in [-0.4, -0.2) is 6.54 Å². The maximum absolute atomic E-state index is 7.22. The van der Waals surface area contributed by atoms with E-state index in [0.29, 0.717) is 17.9 Å². The number of rotatable bonds is 7. The molecule has 0 aromatic heterocycles. The predicted molar refractivity (Wildman–Crippen MR) is 64.2 cm³/mol. The van der Waals surface area contributed by atoms with Crippen LogP contribution in [0.1, 0.15) is 60.3 Å². The first kappa shape index (κ1) is 14.0. The standard InChI is InChI=1S/C13H28N/c1-6-11(2)9-13(4,5)10-12(3)7-8-14/h11-12,14H,6-10H2,1-5H3. The van der Waals surface area contributed by atoms with Crippen molar-refractivity contribution in [3.05, 3.63) is 0 Å². The highest BCUT2D eigenvalue weighted by molar-refractivity contribution is 4.74. The summed E-state index contributed by atoms with van der Waals surface area (Å²) in [5, 5.41) is 0. The van der Waals surface area contributed by atoms with Gasteiger partial charge in [0.05, 0.1) is 0 Å². The lowest BCUT2D eigenvalue weighted by Crippen LogP contribution is -2.19. The molecule has 1 nitrogen and oxygen atoms in total. The van der Waals surface area contributed by atoms with E-state index in [1.54, 1.807) is 0 Å². The average Bonchev–Trinajstić information content (AvgIpc) is 2.02. The van der Waals surface area contributed by atoms with Gasteiger partial charge in [-0.15, -0.1) is 0 Å². The van der Waals surface area contributed by atoms with Crippen LogP contribution in [0.15, 0.2) is 0 Å². The van der Waals surface area contributed by atoms with Gasteiger partial charge in [0, 0.05) is 6.54 Å². The van der Waals surface area contributed by atoms with E-state index in [4.69, 9.17) is 5.73 Å². The molecule has 14 heavy (non-hydrogen) atoms. The second-order valence-corrected chi connectivity index (χ2v) is 5.73. The molecular weight excluding hydrogens is 170 g/mol. The van der Waals surface area contributed by atoms with Gasteiger partial charge >= 0.3 is 0 Å². The van der Waals surface area contributed by atoms with Gasteiger partial charge in [0.2, 0.25) is 0 Å². The van der Waals surface area contributed by atoms with E-state index in [0.717, 1.165) is 12.3 Å². The zero-order valence-corrected chi connectivity index (χ0v) is 10.7. The molecule has 0 saturated carbocycles. The van der Waals surface area contributed by atoms with E-state index in [2.05, 4.69) is 34.6 Å². The highest BCUT2D eigenvalue weighted by Gasteiger charge is 2.22. The molecule has 0 heterocycles. The molecule has 0 rings (SSSR count). The predicted octanol–water partition coefficient (Wildman–Crippen LogP) is 4.15. The first-order valence-electron chi connectivity index (χ1n) is 6.06. The van der Waals surface area contributed by atoms with E-state index in [9.17, 15) is 0 Å². The second kappa shape index (κ2) is 6.44. The van der Waals surface area contributed by atoms with Crippen molar-refractivity contribution < 1.29 is 0 Å². The molecule has 0 aliphatic rings. The molecule has 85 valence electrons. The average molecular weight is 198 g/mol. The zero-order chi connectivity index (χ0) is 11.2.